The van der Waals surface area contributed by atoms with Crippen molar-refractivity contribution in [3.63, 3.8) is 0 Å². The third-order valence-electron chi connectivity index (χ3n) is 22.8. The van der Waals surface area contributed by atoms with Crippen LogP contribution in [0.2, 0.25) is 0 Å². The van der Waals surface area contributed by atoms with Crippen LogP contribution in [0.1, 0.15) is 41.5 Å². The first-order chi connectivity index (χ1) is 59.1. The molecule has 0 saturated carbocycles. The van der Waals surface area contributed by atoms with Crippen LogP contribution in [0, 0.1) is 0 Å². The van der Waals surface area contributed by atoms with Crippen LogP contribution in [-0.2, 0) is 114 Å². The van der Waals surface area contributed by atoms with Gasteiger partial charge in [-0.2, -0.15) is 0 Å². The van der Waals surface area contributed by atoms with Crippen molar-refractivity contribution in [1.82, 2.24) is 26.6 Å². The number of hydrogen-bond donors (Lipinski definition) is 31. The summed E-state index contributed by atoms with van der Waals surface area (Å²) < 4.78 is 114. The molecule has 0 unspecified atom stereocenters. The van der Waals surface area contributed by atoms with E-state index >= 15 is 0 Å². The molecular weight excluding hydrogens is 1710 g/mol. The molecule has 55 nitrogen and oxygen atoms in total. The number of amides is 5. The molecule has 722 valence electrons. The van der Waals surface area contributed by atoms with Crippen molar-refractivity contribution in [2.24, 2.45) is 0 Å². The Morgan fingerprint density at radius 1 is 0.224 bits per heavy atom. The summed E-state index contributed by atoms with van der Waals surface area (Å²) in [6.07, 6.45) is -93.8. The summed E-state index contributed by atoms with van der Waals surface area (Å²) in [4.78, 5) is 64.7. The summed E-state index contributed by atoms with van der Waals surface area (Å²) in [6.45, 7) is -3.99. The molecule has 10 aliphatic heterocycles. The number of carbonyl (C=O) groups excluding carboxylic acids is 5. The fourth-order valence-electron chi connectivity index (χ4n) is 16.2. The summed E-state index contributed by atoms with van der Waals surface area (Å²) in [5.74, 6) is -4.68. The van der Waals surface area contributed by atoms with Gasteiger partial charge in [-0.15, -0.1) is 0 Å². The van der Waals surface area contributed by atoms with Gasteiger partial charge in [-0.1, -0.05) is 0 Å². The van der Waals surface area contributed by atoms with Crippen molar-refractivity contribution >= 4 is 29.5 Å². The molecule has 0 aromatic carbocycles. The van der Waals surface area contributed by atoms with Crippen LogP contribution in [0.5, 0.6) is 0 Å². The first-order valence-corrected chi connectivity index (χ1v) is 40.0. The number of nitrogens with one attached hydrogen (secondary N) is 5. The van der Waals surface area contributed by atoms with Crippen molar-refractivity contribution < 1.29 is 247 Å². The van der Waals surface area contributed by atoms with Gasteiger partial charge in [0.25, 0.3) is 0 Å². The third kappa shape index (κ3) is 23.1. The first kappa shape index (κ1) is 103. The molecule has 0 aliphatic carbocycles. The molecule has 125 heavy (non-hydrogen) atoms. The topological polar surface area (TPSA) is 847 Å². The number of rotatable bonds is 32. The van der Waals surface area contributed by atoms with Crippen molar-refractivity contribution in [2.75, 3.05) is 59.5 Å². The lowest BCUT2D eigenvalue weighted by Gasteiger charge is -2.52. The molecule has 0 aromatic heterocycles. The molecule has 0 spiro atoms. The second-order valence-electron chi connectivity index (χ2n) is 31.7. The van der Waals surface area contributed by atoms with E-state index in [2.05, 4.69) is 26.6 Å². The van der Waals surface area contributed by atoms with E-state index in [1.807, 2.05) is 0 Å². The number of carbonyl (C=O) groups is 5. The van der Waals surface area contributed by atoms with Gasteiger partial charge in [0.15, 0.2) is 62.9 Å². The van der Waals surface area contributed by atoms with Crippen LogP contribution in [0.3, 0.4) is 0 Å². The standard InChI is InChI=1S/C70H117N5O50/c1-16-36(88)46(98)49(101)66(109-16)108-15-30-58(42(94)31(61(106)110-30)71-17(2)83)121-64-34(74-20(5)86)44(96)56(27(12-81)115-64)123-69-53(105)59(40(92)29(118-69)14-107-67-50(102)47(99)38(90)23(8-77)112-67)124-70-60(125-65-35(75-21(6)87)45(97)55(26(11-80)116-65)122-68-51(103)48(100)39(91)24(9-78)113-68)52(104)57(28(13-82)117-70)120-63-33(73-19(4)85)43(95)54(25(10-79)114-63)119-62-32(72-18(3)84)41(93)37(89)22(7-76)111-62/h16,22-70,76-82,88-106H,7-15H2,1-6H3,(H,71,83)(H,72,84)(H,73,85)(H,74,86)(H,75,87)/t16-,22+,23+,24+,25+,26+,27+,28+,29+,30+,31+,32+,33+,34+,35+,36+,37-,38+,39-,40+,41+,42+,43+,44+,45+,46+,47-,48-,49-,50-,51+,52-,53-,54+,55+,56+,57+,58+,59-,60-,61+,62-,63-,64-,65-,66+,67-,68-,69-,70+/m0/s1. The van der Waals surface area contributed by atoms with E-state index in [4.69, 9.17) is 90.0 Å². The number of aliphatic hydroxyl groups excluding tert-OH is 26. The zero-order valence-electron chi connectivity index (χ0n) is 67.7. The molecule has 10 saturated heterocycles. The predicted molar refractivity (Wildman–Crippen MR) is 386 cm³/mol. The van der Waals surface area contributed by atoms with Gasteiger partial charge in [0, 0.05) is 34.6 Å². The molecule has 50 atom stereocenters. The summed E-state index contributed by atoms with van der Waals surface area (Å²) in [7, 11) is 0. The third-order valence-corrected chi connectivity index (χ3v) is 22.8. The average Bonchev–Trinajstić information content (AvgIpc) is 0.773. The molecule has 10 heterocycles. The summed E-state index contributed by atoms with van der Waals surface area (Å²) in [5, 5.41) is 304. The highest BCUT2D eigenvalue weighted by Gasteiger charge is 2.62. The molecule has 10 rings (SSSR count). The van der Waals surface area contributed by atoms with Crippen LogP contribution in [0.25, 0.3) is 0 Å². The molecule has 0 radical (unpaired) electrons. The summed E-state index contributed by atoms with van der Waals surface area (Å²) in [6, 6.07) is -9.57. The van der Waals surface area contributed by atoms with E-state index < -0.39 is 396 Å². The minimum Gasteiger partial charge on any atom is -0.394 e. The monoisotopic (exact) mass is 1830 g/mol. The van der Waals surface area contributed by atoms with E-state index in [0.717, 1.165) is 34.6 Å². The molecular formula is C70H117N5O50. The highest BCUT2D eigenvalue weighted by atomic mass is 16.8. The predicted octanol–water partition coefficient (Wildman–Crippen LogP) is -21.1. The van der Waals surface area contributed by atoms with Crippen LogP contribution < -0.4 is 26.6 Å². The van der Waals surface area contributed by atoms with Crippen molar-refractivity contribution in [3.8, 4) is 0 Å². The van der Waals surface area contributed by atoms with E-state index in [-0.39, 0.29) is 0 Å². The lowest BCUT2D eigenvalue weighted by atomic mass is 9.93. The van der Waals surface area contributed by atoms with Crippen molar-refractivity contribution in [2.45, 2.75) is 348 Å². The van der Waals surface area contributed by atoms with Gasteiger partial charge in [0.1, 0.15) is 238 Å². The molecule has 0 bridgehead atoms. The molecule has 5 amide bonds. The van der Waals surface area contributed by atoms with E-state index in [0.29, 0.717) is 0 Å². The maximum atomic E-state index is 13.3. The summed E-state index contributed by atoms with van der Waals surface area (Å²) in [5.41, 5.74) is 0. The first-order valence-electron chi connectivity index (χ1n) is 40.0. The Hall–Kier alpha value is -4.45. The highest BCUT2D eigenvalue weighted by Crippen LogP contribution is 2.41. The lowest BCUT2D eigenvalue weighted by molar-refractivity contribution is -0.405. The Morgan fingerprint density at radius 3 is 0.888 bits per heavy atom. The molecule has 10 aliphatic rings. The van der Waals surface area contributed by atoms with Crippen LogP contribution >= 0.6 is 0 Å². The molecule has 31 N–H and O–H groups in total. The zero-order chi connectivity index (χ0) is 92.1. The maximum Gasteiger partial charge on any atom is 0.217 e. The van der Waals surface area contributed by atoms with Crippen LogP contribution in [-0.4, -0.2) is 529 Å². The Morgan fingerprint density at radius 2 is 0.488 bits per heavy atom. The van der Waals surface area contributed by atoms with E-state index in [1.165, 1.54) is 6.92 Å². The number of aliphatic hydroxyl groups is 26. The Kier molecular flexibility index (Phi) is 36.8. The lowest BCUT2D eigenvalue weighted by Crippen LogP contribution is -2.72. The van der Waals surface area contributed by atoms with Crippen molar-refractivity contribution in [1.29, 1.82) is 0 Å². The van der Waals surface area contributed by atoms with E-state index in [1.54, 1.807) is 0 Å². The zero-order valence-corrected chi connectivity index (χ0v) is 67.7. The fraction of sp³-hybridized carbons (Fsp3) is 0.929. The Labute approximate surface area is 708 Å². The normalized spacial score (nSPS) is 48.7. The second kappa shape index (κ2) is 44.9. The number of hydrogen-bond acceptors (Lipinski definition) is 50. The fourth-order valence-corrected chi connectivity index (χ4v) is 16.2. The SMILES string of the molecule is CC(=O)N[C@@H]1[C@@H](O)[C@H](O[C@@H]2O[C@H](CO)[C@@H](O[C@@H]3O[C@H](CO[C@H]4O[C@H](CO)[C@@H](O)[C@H](O)[C@@H]4O)[C@@H](O)[C@H](O[C@H]4O[C@H](CO)[C@@H](O[C@@H]5O[C@H](CO)[C@@H](O[C@@H]6O[C@H](CO)[C@H](O)[C@H](O)[C@H]6NC(C)=O)[C@H](O)[C@H]5NC(C)=O)[C@H](O)[C@@H]4O[C@@H]4O[C@H](CO)[C@@H](O[C@@H]5O[C@H](CO)[C@H](O)[C@H](O)[C@H]5O)[C@H](O)[C@H]4NC(C)=O)[C@@H]3O)[C@H](O)[C@H]2NC(C)=O)[C@@H](CO[C@@H]2O[C@@H](C)[C@@H](O)[C@@H](O)[C@@H]2O)O[C@H]1O. The van der Waals surface area contributed by atoms with Gasteiger partial charge < -0.3 is 249 Å². The largest absolute Gasteiger partial charge is 0.394 e. The van der Waals surface area contributed by atoms with Crippen LogP contribution in [0.4, 0.5) is 0 Å². The highest BCUT2D eigenvalue weighted by molar-refractivity contribution is 5.75. The average molecular weight is 1830 g/mol. The van der Waals surface area contributed by atoms with E-state index in [9.17, 15) is 157 Å². The second-order valence-corrected chi connectivity index (χ2v) is 31.7. The minimum absolute atomic E-state index is 0.828. The molecule has 0 aromatic rings. The van der Waals surface area contributed by atoms with Gasteiger partial charge in [-0.05, 0) is 6.92 Å². The summed E-state index contributed by atoms with van der Waals surface area (Å²) >= 11 is 0. The Balaban J connectivity index is 1.01. The maximum absolute atomic E-state index is 13.3. The van der Waals surface area contributed by atoms with Gasteiger partial charge in [-0.25, -0.2) is 0 Å². The van der Waals surface area contributed by atoms with Gasteiger partial charge in [-0.3, -0.25) is 24.0 Å². The Bertz CT molecular complexity index is 3420. The molecule has 55 heteroatoms. The van der Waals surface area contributed by atoms with Gasteiger partial charge >= 0.3 is 0 Å². The van der Waals surface area contributed by atoms with Crippen LogP contribution in [0.15, 0.2) is 0 Å². The minimum atomic E-state index is -2.65. The molecule has 10 fully saturated rings. The van der Waals surface area contributed by atoms with Gasteiger partial charge in [0.2, 0.25) is 29.5 Å². The smallest absolute Gasteiger partial charge is 0.217 e. The van der Waals surface area contributed by atoms with Crippen molar-refractivity contribution in [3.05, 3.63) is 0 Å². The number of ether oxygens (including phenoxy) is 19. The van der Waals surface area contributed by atoms with Gasteiger partial charge in [0.05, 0.1) is 65.6 Å². The quantitative estimate of drug-likeness (QED) is 0.0297.